The Hall–Kier alpha value is -3.27. The van der Waals surface area contributed by atoms with Crippen LogP contribution in [0.4, 0.5) is 5.69 Å². The summed E-state index contributed by atoms with van der Waals surface area (Å²) in [6, 6.07) is 18.2. The van der Waals surface area contributed by atoms with E-state index in [-0.39, 0.29) is 23.0 Å². The Bertz CT molecular complexity index is 1380. The Morgan fingerprint density at radius 2 is 1.59 bits per heavy atom. The Morgan fingerprint density at radius 1 is 0.949 bits per heavy atom. The number of rotatable bonds is 12. The van der Waals surface area contributed by atoms with Crippen LogP contribution in [0.5, 0.6) is 5.75 Å². The number of anilines is 1. The number of nitrogens with one attached hydrogen (secondary N) is 1. The summed E-state index contributed by atoms with van der Waals surface area (Å²) in [5, 5.41) is 3.40. The zero-order valence-electron chi connectivity index (χ0n) is 21.9. The number of amides is 2. The lowest BCUT2D eigenvalue weighted by Crippen LogP contribution is -2.51. The molecule has 1 atom stereocenters. The fourth-order valence-corrected chi connectivity index (χ4v) is 5.77. The predicted octanol–water partition coefficient (Wildman–Crippen LogP) is 5.14. The number of carbonyl (C=O) groups excluding carboxylic acids is 2. The molecule has 208 valence electrons. The first kappa shape index (κ1) is 30.3. The van der Waals surface area contributed by atoms with Crippen molar-refractivity contribution in [2.75, 3.05) is 24.5 Å². The van der Waals surface area contributed by atoms with Gasteiger partial charge in [-0.3, -0.25) is 13.9 Å². The molecule has 0 saturated carbocycles. The molecule has 0 spiro atoms. The van der Waals surface area contributed by atoms with Gasteiger partial charge >= 0.3 is 0 Å². The molecule has 39 heavy (non-hydrogen) atoms. The van der Waals surface area contributed by atoms with Gasteiger partial charge < -0.3 is 15.0 Å². The van der Waals surface area contributed by atoms with Crippen molar-refractivity contribution in [3.05, 3.63) is 88.4 Å². The molecule has 0 saturated heterocycles. The van der Waals surface area contributed by atoms with Crippen molar-refractivity contribution in [2.45, 2.75) is 37.8 Å². The second-order valence-electron chi connectivity index (χ2n) is 8.54. The van der Waals surface area contributed by atoms with Crippen LogP contribution in [-0.2, 0) is 26.2 Å². The number of likely N-dealkylation sites (N-methyl/N-ethyl adjacent to an activating group) is 1. The molecular weight excluding hydrogens is 561 g/mol. The van der Waals surface area contributed by atoms with Crippen molar-refractivity contribution in [1.82, 2.24) is 10.2 Å². The highest BCUT2D eigenvalue weighted by Crippen LogP contribution is 2.28. The van der Waals surface area contributed by atoms with Gasteiger partial charge in [-0.25, -0.2) is 8.42 Å². The number of nitrogens with zero attached hydrogens (tertiary/aromatic N) is 2. The minimum Gasteiger partial charge on any atom is -0.494 e. The maximum Gasteiger partial charge on any atom is 0.264 e. The van der Waals surface area contributed by atoms with Gasteiger partial charge in [-0.1, -0.05) is 48.3 Å². The molecule has 0 aliphatic carbocycles. The third-order valence-corrected chi connectivity index (χ3v) is 8.46. The number of halogens is 2. The maximum atomic E-state index is 13.9. The van der Waals surface area contributed by atoms with Gasteiger partial charge in [-0.2, -0.15) is 0 Å². The van der Waals surface area contributed by atoms with Crippen LogP contribution < -0.4 is 14.4 Å². The van der Waals surface area contributed by atoms with Gasteiger partial charge in [-0.15, -0.1) is 0 Å². The minimum atomic E-state index is -4.20. The standard InChI is InChI=1S/C28H31Cl2N3O5S/c1-4-26(28(35)31-3)32(18-20-8-6-7-9-25(20)30)27(34)19-33(22-12-14-23(15-13-22)38-5-2)39(36,37)24-16-10-21(29)11-17-24/h6-17,26H,4-5,18-19H2,1-3H3,(H,31,35)/t26-/m1/s1. The van der Waals surface area contributed by atoms with Crippen LogP contribution in [0.3, 0.4) is 0 Å². The van der Waals surface area contributed by atoms with E-state index >= 15 is 0 Å². The number of benzene rings is 3. The smallest absolute Gasteiger partial charge is 0.264 e. The van der Waals surface area contributed by atoms with Gasteiger partial charge in [-0.05, 0) is 73.5 Å². The van der Waals surface area contributed by atoms with Crippen LogP contribution in [0, 0.1) is 0 Å². The molecule has 3 aromatic carbocycles. The fourth-order valence-electron chi connectivity index (χ4n) is 4.03. The summed E-state index contributed by atoms with van der Waals surface area (Å²) >= 11 is 12.4. The number of ether oxygens (including phenoxy) is 1. The van der Waals surface area contributed by atoms with E-state index < -0.39 is 28.5 Å². The van der Waals surface area contributed by atoms with Gasteiger partial charge in [0.15, 0.2) is 0 Å². The molecule has 0 radical (unpaired) electrons. The third-order valence-electron chi connectivity index (χ3n) is 6.05. The summed E-state index contributed by atoms with van der Waals surface area (Å²) in [6.45, 7) is 3.52. The molecule has 0 aliphatic rings. The van der Waals surface area contributed by atoms with Crippen molar-refractivity contribution < 1.29 is 22.7 Å². The van der Waals surface area contributed by atoms with E-state index in [1.807, 2.05) is 6.92 Å². The van der Waals surface area contributed by atoms with E-state index in [1.165, 1.54) is 36.2 Å². The van der Waals surface area contributed by atoms with Crippen molar-refractivity contribution in [2.24, 2.45) is 0 Å². The third kappa shape index (κ3) is 7.44. The predicted molar refractivity (Wildman–Crippen MR) is 154 cm³/mol. The average molecular weight is 593 g/mol. The number of hydrogen-bond donors (Lipinski definition) is 1. The minimum absolute atomic E-state index is 0.0164. The van der Waals surface area contributed by atoms with E-state index in [0.717, 1.165) is 4.31 Å². The van der Waals surface area contributed by atoms with E-state index in [2.05, 4.69) is 5.32 Å². The Morgan fingerprint density at radius 3 is 2.15 bits per heavy atom. The molecule has 0 bridgehead atoms. The number of hydrogen-bond acceptors (Lipinski definition) is 5. The molecule has 0 unspecified atom stereocenters. The summed E-state index contributed by atoms with van der Waals surface area (Å²) in [5.74, 6) is -0.384. The first-order valence-corrected chi connectivity index (χ1v) is 14.6. The van der Waals surface area contributed by atoms with Crippen LogP contribution in [0.15, 0.2) is 77.7 Å². The highest BCUT2D eigenvalue weighted by molar-refractivity contribution is 7.92. The Labute approximate surface area is 239 Å². The Balaban J connectivity index is 2.07. The van der Waals surface area contributed by atoms with Crippen LogP contribution in [0.1, 0.15) is 25.8 Å². The van der Waals surface area contributed by atoms with E-state index in [4.69, 9.17) is 27.9 Å². The SMILES string of the molecule is CCOc1ccc(N(CC(=O)N(Cc2ccccc2Cl)[C@H](CC)C(=O)NC)S(=O)(=O)c2ccc(Cl)cc2)cc1. The maximum absolute atomic E-state index is 13.9. The zero-order valence-corrected chi connectivity index (χ0v) is 24.3. The molecule has 0 fully saturated rings. The van der Waals surface area contributed by atoms with E-state index in [0.29, 0.717) is 34.4 Å². The summed E-state index contributed by atoms with van der Waals surface area (Å²) < 4.78 is 34.2. The van der Waals surface area contributed by atoms with E-state index in [1.54, 1.807) is 55.5 Å². The second-order valence-corrected chi connectivity index (χ2v) is 11.2. The van der Waals surface area contributed by atoms with Crippen molar-refractivity contribution >= 4 is 50.7 Å². The lowest BCUT2D eigenvalue weighted by molar-refractivity contribution is -0.140. The summed E-state index contributed by atoms with van der Waals surface area (Å²) in [4.78, 5) is 28.0. The molecule has 8 nitrogen and oxygen atoms in total. The molecule has 0 aliphatic heterocycles. The van der Waals surface area contributed by atoms with E-state index in [9.17, 15) is 18.0 Å². The monoisotopic (exact) mass is 591 g/mol. The van der Waals surface area contributed by atoms with Gasteiger partial charge in [0.2, 0.25) is 11.8 Å². The van der Waals surface area contributed by atoms with Crippen LogP contribution in [-0.4, -0.2) is 51.4 Å². The van der Waals surface area contributed by atoms with Crippen molar-refractivity contribution in [3.63, 3.8) is 0 Å². The first-order chi connectivity index (χ1) is 18.6. The van der Waals surface area contributed by atoms with Crippen molar-refractivity contribution in [1.29, 1.82) is 0 Å². The largest absolute Gasteiger partial charge is 0.494 e. The molecule has 1 N–H and O–H groups in total. The highest BCUT2D eigenvalue weighted by Gasteiger charge is 2.33. The zero-order chi connectivity index (χ0) is 28.6. The van der Waals surface area contributed by atoms with Gasteiger partial charge in [0.25, 0.3) is 10.0 Å². The molecular formula is C28H31Cl2N3O5S. The van der Waals surface area contributed by atoms with Crippen LogP contribution in [0.25, 0.3) is 0 Å². The summed E-state index contributed by atoms with van der Waals surface area (Å²) in [7, 11) is -2.72. The van der Waals surface area contributed by atoms with Crippen LogP contribution >= 0.6 is 23.2 Å². The second kappa shape index (κ2) is 13.7. The first-order valence-electron chi connectivity index (χ1n) is 12.4. The average Bonchev–Trinajstić information content (AvgIpc) is 2.93. The normalized spacial score (nSPS) is 11.9. The fraction of sp³-hybridized carbons (Fsp3) is 0.286. The molecule has 2 amide bonds. The van der Waals surface area contributed by atoms with Gasteiger partial charge in [0.05, 0.1) is 17.2 Å². The summed E-state index contributed by atoms with van der Waals surface area (Å²) in [5.41, 5.74) is 0.885. The quantitative estimate of drug-likeness (QED) is 0.314. The molecule has 0 aromatic heterocycles. The van der Waals surface area contributed by atoms with Crippen LogP contribution in [0.2, 0.25) is 10.0 Å². The number of sulfonamides is 1. The molecule has 3 rings (SSSR count). The van der Waals surface area contributed by atoms with Crippen molar-refractivity contribution in [3.8, 4) is 5.75 Å². The van der Waals surface area contributed by atoms with Gasteiger partial charge in [0.1, 0.15) is 18.3 Å². The number of carbonyl (C=O) groups is 2. The van der Waals surface area contributed by atoms with Gasteiger partial charge in [0, 0.05) is 23.6 Å². The summed E-state index contributed by atoms with van der Waals surface area (Å²) in [6.07, 6.45) is 0.308. The topological polar surface area (TPSA) is 96.0 Å². The Kier molecular flexibility index (Phi) is 10.6. The molecule has 0 heterocycles. The molecule has 11 heteroatoms. The highest BCUT2D eigenvalue weighted by atomic mass is 35.5. The lowest BCUT2D eigenvalue weighted by atomic mass is 10.1. The lowest BCUT2D eigenvalue weighted by Gasteiger charge is -2.33. The molecule has 3 aromatic rings.